The van der Waals surface area contributed by atoms with Crippen LogP contribution in [0.15, 0.2) is 48.9 Å². The van der Waals surface area contributed by atoms with E-state index in [2.05, 4.69) is 19.9 Å². The number of hydrogen-bond donors (Lipinski definition) is 0. The van der Waals surface area contributed by atoms with Crippen LogP contribution in [0.3, 0.4) is 0 Å². The first-order valence-corrected chi connectivity index (χ1v) is 11.0. The second-order valence-electron chi connectivity index (χ2n) is 8.71. The van der Waals surface area contributed by atoms with Crippen LogP contribution >= 0.6 is 0 Å². The van der Waals surface area contributed by atoms with Gasteiger partial charge in [-0.05, 0) is 56.9 Å². The first-order valence-electron chi connectivity index (χ1n) is 11.0. The highest BCUT2D eigenvalue weighted by Gasteiger charge is 2.53. The number of nitrogens with zero attached hydrogens (tertiary/aromatic N) is 5. The van der Waals surface area contributed by atoms with Crippen molar-refractivity contribution in [3.63, 3.8) is 0 Å². The molecule has 1 saturated carbocycles. The number of hydrogen-bond acceptors (Lipinski definition) is 6. The molecule has 1 amide bonds. The summed E-state index contributed by atoms with van der Waals surface area (Å²) in [6.45, 7) is 3.82. The summed E-state index contributed by atoms with van der Waals surface area (Å²) in [5, 5.41) is 0. The fourth-order valence-electron chi connectivity index (χ4n) is 4.93. The van der Waals surface area contributed by atoms with E-state index in [9.17, 15) is 18.0 Å². The number of fused-ring (bicyclic) bond motifs is 2. The van der Waals surface area contributed by atoms with E-state index in [0.29, 0.717) is 23.5 Å². The topological polar surface area (TPSA) is 81.1 Å². The Balaban J connectivity index is 1.41. The SMILES string of the molecule is Cc1ccc(-c2ncccn2)c(C(=O)N2C3C[C@H](C[C@H]3Oc3ccc(C(F)(F)F)cn3)[C@H]2C)n1. The summed E-state index contributed by atoms with van der Waals surface area (Å²) in [6, 6.07) is 7.22. The normalized spacial score (nSPS) is 23.9. The first kappa shape index (κ1) is 22.2. The summed E-state index contributed by atoms with van der Waals surface area (Å²) in [4.78, 5) is 32.5. The van der Waals surface area contributed by atoms with E-state index < -0.39 is 11.7 Å². The third kappa shape index (κ3) is 3.97. The number of pyridine rings is 2. The first-order chi connectivity index (χ1) is 16.2. The summed E-state index contributed by atoms with van der Waals surface area (Å²) in [6.07, 6.45) is 0.607. The summed E-state index contributed by atoms with van der Waals surface area (Å²) in [5.41, 5.74) is 0.686. The van der Waals surface area contributed by atoms with Crippen molar-refractivity contribution < 1.29 is 22.7 Å². The number of carbonyl (C=O) groups excluding carboxylic acids is 1. The van der Waals surface area contributed by atoms with Gasteiger partial charge in [-0.25, -0.2) is 19.9 Å². The van der Waals surface area contributed by atoms with Crippen LogP contribution in [0.4, 0.5) is 13.2 Å². The Labute approximate surface area is 194 Å². The molecule has 1 aliphatic carbocycles. The molecule has 2 fully saturated rings. The molecule has 1 unspecified atom stereocenters. The Morgan fingerprint density at radius 2 is 1.85 bits per heavy atom. The Morgan fingerprint density at radius 1 is 1.09 bits per heavy atom. The smallest absolute Gasteiger partial charge is 0.417 e. The number of aryl methyl sites for hydroxylation is 1. The minimum atomic E-state index is -4.46. The van der Waals surface area contributed by atoms with E-state index in [1.807, 2.05) is 19.9 Å². The van der Waals surface area contributed by atoms with Crippen LogP contribution in [0.1, 0.15) is 41.5 Å². The number of carbonyl (C=O) groups is 1. The zero-order chi connectivity index (χ0) is 24.0. The highest BCUT2D eigenvalue weighted by molar-refractivity contribution is 5.99. The zero-order valence-electron chi connectivity index (χ0n) is 18.5. The molecule has 176 valence electrons. The number of ether oxygens (including phenoxy) is 1. The van der Waals surface area contributed by atoms with Gasteiger partial charge < -0.3 is 9.64 Å². The van der Waals surface area contributed by atoms with Gasteiger partial charge in [-0.1, -0.05) is 0 Å². The van der Waals surface area contributed by atoms with Crippen LogP contribution in [0.5, 0.6) is 5.88 Å². The number of piperidine rings is 1. The molecule has 3 aromatic rings. The van der Waals surface area contributed by atoms with Gasteiger partial charge in [0.15, 0.2) is 5.82 Å². The molecule has 0 spiro atoms. The molecule has 10 heteroatoms. The number of amides is 1. The van der Waals surface area contributed by atoms with E-state index in [1.165, 1.54) is 6.07 Å². The molecular formula is C24H22F3N5O2. The summed E-state index contributed by atoms with van der Waals surface area (Å²) in [7, 11) is 0. The maximum Gasteiger partial charge on any atom is 0.417 e. The average Bonchev–Trinajstić information content (AvgIpc) is 3.36. The van der Waals surface area contributed by atoms with Crippen LogP contribution in [0.25, 0.3) is 11.4 Å². The largest absolute Gasteiger partial charge is 0.472 e. The molecule has 2 aliphatic rings. The highest BCUT2D eigenvalue weighted by Crippen LogP contribution is 2.45. The minimum Gasteiger partial charge on any atom is -0.472 e. The molecule has 1 aliphatic heterocycles. The van der Waals surface area contributed by atoms with Crippen LogP contribution in [0, 0.1) is 12.8 Å². The lowest BCUT2D eigenvalue weighted by Crippen LogP contribution is -2.51. The van der Waals surface area contributed by atoms with Gasteiger partial charge >= 0.3 is 6.18 Å². The zero-order valence-corrected chi connectivity index (χ0v) is 18.5. The summed E-state index contributed by atoms with van der Waals surface area (Å²) < 4.78 is 44.5. The number of rotatable bonds is 4. The van der Waals surface area contributed by atoms with Gasteiger partial charge in [0.2, 0.25) is 5.88 Å². The predicted octanol–water partition coefficient (Wildman–Crippen LogP) is 4.33. The molecule has 0 N–H and O–H groups in total. The molecule has 34 heavy (non-hydrogen) atoms. The van der Waals surface area contributed by atoms with Crippen LogP contribution < -0.4 is 4.74 Å². The van der Waals surface area contributed by atoms with Crippen LogP contribution in [-0.4, -0.2) is 48.9 Å². The molecule has 1 saturated heterocycles. The van der Waals surface area contributed by atoms with Crippen molar-refractivity contribution in [3.05, 3.63) is 65.9 Å². The van der Waals surface area contributed by atoms with Gasteiger partial charge in [0.1, 0.15) is 11.8 Å². The second-order valence-corrected chi connectivity index (χ2v) is 8.71. The predicted molar refractivity (Wildman–Crippen MR) is 116 cm³/mol. The van der Waals surface area contributed by atoms with Gasteiger partial charge in [-0.15, -0.1) is 0 Å². The lowest BCUT2D eigenvalue weighted by molar-refractivity contribution is -0.137. The van der Waals surface area contributed by atoms with Gasteiger partial charge in [0, 0.05) is 36.4 Å². The van der Waals surface area contributed by atoms with E-state index in [1.54, 1.807) is 29.4 Å². The molecule has 3 aromatic heterocycles. The van der Waals surface area contributed by atoms with Crippen molar-refractivity contribution >= 4 is 5.91 Å². The third-order valence-electron chi connectivity index (χ3n) is 6.60. The van der Waals surface area contributed by atoms with Gasteiger partial charge in [-0.3, -0.25) is 4.79 Å². The third-order valence-corrected chi connectivity index (χ3v) is 6.60. The molecule has 4 heterocycles. The van der Waals surface area contributed by atoms with Crippen molar-refractivity contribution in [2.75, 3.05) is 0 Å². The van der Waals surface area contributed by atoms with E-state index >= 15 is 0 Å². The minimum absolute atomic E-state index is 0.0234. The molecule has 4 atom stereocenters. The van der Waals surface area contributed by atoms with Crippen molar-refractivity contribution in [3.8, 4) is 17.3 Å². The number of alkyl halides is 3. The Bertz CT molecular complexity index is 1200. The fourth-order valence-corrected chi connectivity index (χ4v) is 4.93. The average molecular weight is 469 g/mol. The van der Waals surface area contributed by atoms with E-state index in [0.717, 1.165) is 18.7 Å². The van der Waals surface area contributed by atoms with E-state index in [4.69, 9.17) is 4.74 Å². The molecular weight excluding hydrogens is 447 g/mol. The summed E-state index contributed by atoms with van der Waals surface area (Å²) >= 11 is 0. The molecule has 0 radical (unpaired) electrons. The van der Waals surface area contributed by atoms with E-state index in [-0.39, 0.29) is 41.6 Å². The lowest BCUT2D eigenvalue weighted by atomic mass is 9.98. The Kier molecular flexibility index (Phi) is 5.45. The Morgan fingerprint density at radius 3 is 2.50 bits per heavy atom. The quantitative estimate of drug-likeness (QED) is 0.566. The molecule has 7 nitrogen and oxygen atoms in total. The highest BCUT2D eigenvalue weighted by atomic mass is 19.4. The molecule has 5 rings (SSSR count). The fraction of sp³-hybridized carbons (Fsp3) is 0.375. The maximum atomic E-state index is 13.8. The van der Waals surface area contributed by atoms with Gasteiger partial charge in [0.05, 0.1) is 17.2 Å². The number of likely N-dealkylation sites (tertiary alicyclic amines) is 1. The lowest BCUT2D eigenvalue weighted by Gasteiger charge is -2.37. The monoisotopic (exact) mass is 469 g/mol. The Hall–Kier alpha value is -3.56. The van der Waals surface area contributed by atoms with Crippen molar-refractivity contribution in [1.29, 1.82) is 0 Å². The van der Waals surface area contributed by atoms with Gasteiger partial charge in [0.25, 0.3) is 5.91 Å². The van der Waals surface area contributed by atoms with Crippen LogP contribution in [0.2, 0.25) is 0 Å². The maximum absolute atomic E-state index is 13.8. The summed E-state index contributed by atoms with van der Waals surface area (Å²) in [5.74, 6) is 0.504. The standard InChI is InChI=1S/C24H22F3N5O2/c1-13-4-6-17(22-28-8-3-9-29-22)21(31-13)23(33)32-14(2)15-10-18(32)19(11-15)34-20-7-5-16(12-30-20)24(25,26)27/h3-9,12,14-15,18-19H,10-11H2,1-2H3/t14-,15-,18?,19-/m1/s1. The van der Waals surface area contributed by atoms with Crippen LogP contribution in [-0.2, 0) is 6.18 Å². The van der Waals surface area contributed by atoms with Gasteiger partial charge in [-0.2, -0.15) is 13.2 Å². The molecule has 2 bridgehead atoms. The number of halogens is 3. The van der Waals surface area contributed by atoms with Crippen molar-refractivity contribution in [2.45, 2.75) is 51.1 Å². The van der Waals surface area contributed by atoms with Crippen molar-refractivity contribution in [2.24, 2.45) is 5.92 Å². The van der Waals surface area contributed by atoms with Crippen molar-refractivity contribution in [1.82, 2.24) is 24.8 Å². The number of aromatic nitrogens is 4. The second kappa shape index (κ2) is 8.34. The molecule has 0 aromatic carbocycles.